The van der Waals surface area contributed by atoms with Gasteiger partial charge in [0.2, 0.25) is 0 Å². The molecule has 0 atom stereocenters. The van der Waals surface area contributed by atoms with Crippen LogP contribution in [-0.4, -0.2) is 22.4 Å². The summed E-state index contributed by atoms with van der Waals surface area (Å²) < 4.78 is 5.72. The van der Waals surface area contributed by atoms with Gasteiger partial charge in [0.1, 0.15) is 5.82 Å². The summed E-state index contributed by atoms with van der Waals surface area (Å²) in [4.78, 5) is 4.51. The first-order chi connectivity index (χ1) is 11.6. The smallest absolute Gasteiger partial charge is 0.137 e. The molecule has 0 unspecified atom stereocenters. The van der Waals surface area contributed by atoms with Crippen LogP contribution in [0.2, 0.25) is 0 Å². The lowest BCUT2D eigenvalue weighted by Gasteiger charge is -2.31. The molecule has 2 heterocycles. The van der Waals surface area contributed by atoms with Crippen molar-refractivity contribution in [2.24, 2.45) is 0 Å². The van der Waals surface area contributed by atoms with Crippen LogP contribution in [0.3, 0.4) is 0 Å². The molecule has 0 saturated carbocycles. The van der Waals surface area contributed by atoms with Crippen molar-refractivity contribution in [3.63, 3.8) is 0 Å². The van der Waals surface area contributed by atoms with Crippen molar-refractivity contribution < 1.29 is 0 Å². The minimum absolute atomic E-state index is 0.592. The second-order valence-electron chi connectivity index (χ2n) is 6.30. The lowest BCUT2D eigenvalue weighted by Crippen LogP contribution is -2.28. The highest BCUT2D eigenvalue weighted by Gasteiger charge is 2.21. The summed E-state index contributed by atoms with van der Waals surface area (Å²) in [7, 11) is 0. The zero-order valence-corrected chi connectivity index (χ0v) is 14.9. The average molecular weight is 338 g/mol. The maximum atomic E-state index is 8.89. The largest absolute Gasteiger partial charge is 0.301 e. The monoisotopic (exact) mass is 338 g/mol. The van der Waals surface area contributed by atoms with Crippen LogP contribution in [0.15, 0.2) is 36.4 Å². The molecule has 1 aromatic carbocycles. The van der Waals surface area contributed by atoms with Crippen LogP contribution in [0.5, 0.6) is 0 Å². The maximum Gasteiger partial charge on any atom is 0.137 e. The summed E-state index contributed by atoms with van der Waals surface area (Å²) in [6, 6.07) is 14.4. The van der Waals surface area contributed by atoms with Gasteiger partial charge in [0.25, 0.3) is 0 Å². The molecule has 2 aromatic rings. The third-order valence-corrected chi connectivity index (χ3v) is 5.27. The van der Waals surface area contributed by atoms with Crippen molar-refractivity contribution in [2.75, 3.05) is 17.8 Å². The molecule has 1 aromatic heterocycles. The van der Waals surface area contributed by atoms with E-state index in [4.69, 9.17) is 5.26 Å². The third kappa shape index (κ3) is 4.28. The average Bonchev–Trinajstić information content (AvgIpc) is 2.60. The lowest BCUT2D eigenvalue weighted by atomic mass is 9.90. The van der Waals surface area contributed by atoms with Crippen molar-refractivity contribution in [3.05, 3.63) is 58.8 Å². The number of nitrogens with zero attached hydrogens (tertiary/aromatic N) is 3. The van der Waals surface area contributed by atoms with Gasteiger partial charge in [-0.1, -0.05) is 12.1 Å². The van der Waals surface area contributed by atoms with E-state index in [1.54, 1.807) is 12.1 Å². The van der Waals surface area contributed by atoms with Gasteiger partial charge in [0.05, 0.1) is 11.6 Å². The van der Waals surface area contributed by atoms with E-state index in [0.717, 1.165) is 43.0 Å². The number of aromatic nitrogens is 1. The topological polar surface area (TPSA) is 52.0 Å². The maximum absolute atomic E-state index is 8.89. The molecule has 0 bridgehead atoms. The SMILES string of the molecule is Cc1cc(C)nc(NSN2CCC(c3ccc(C#N)cc3)CC2)c1. The summed E-state index contributed by atoms with van der Waals surface area (Å²) in [6.07, 6.45) is 2.28. The number of hydrogen-bond acceptors (Lipinski definition) is 5. The summed E-state index contributed by atoms with van der Waals surface area (Å²) >= 11 is 1.65. The highest BCUT2D eigenvalue weighted by Crippen LogP contribution is 2.31. The first-order valence-corrected chi connectivity index (χ1v) is 9.04. The molecule has 1 aliphatic rings. The van der Waals surface area contributed by atoms with E-state index >= 15 is 0 Å². The van der Waals surface area contributed by atoms with Gasteiger partial charge in [-0.05, 0) is 68.0 Å². The van der Waals surface area contributed by atoms with Crippen LogP contribution in [0, 0.1) is 25.2 Å². The summed E-state index contributed by atoms with van der Waals surface area (Å²) in [6.45, 7) is 6.21. The summed E-state index contributed by atoms with van der Waals surface area (Å²) in [5.74, 6) is 1.51. The molecule has 1 N–H and O–H groups in total. The first kappa shape index (κ1) is 16.8. The molecule has 0 spiro atoms. The van der Waals surface area contributed by atoms with E-state index in [-0.39, 0.29) is 0 Å². The minimum atomic E-state index is 0.592. The van der Waals surface area contributed by atoms with Gasteiger partial charge in [-0.2, -0.15) is 5.26 Å². The molecule has 4 nitrogen and oxygen atoms in total. The lowest BCUT2D eigenvalue weighted by molar-refractivity contribution is 0.347. The Bertz CT molecular complexity index is 708. The molecule has 1 saturated heterocycles. The second-order valence-corrected chi connectivity index (χ2v) is 7.20. The Morgan fingerprint density at radius 3 is 2.50 bits per heavy atom. The number of pyridine rings is 1. The van der Waals surface area contributed by atoms with Crippen LogP contribution in [0.25, 0.3) is 0 Å². The van der Waals surface area contributed by atoms with Crippen molar-refractivity contribution in [1.82, 2.24) is 9.29 Å². The van der Waals surface area contributed by atoms with Crippen LogP contribution in [0.4, 0.5) is 5.82 Å². The molecule has 3 rings (SSSR count). The molecule has 1 fully saturated rings. The number of anilines is 1. The summed E-state index contributed by atoms with van der Waals surface area (Å²) in [5, 5.41) is 8.89. The van der Waals surface area contributed by atoms with E-state index < -0.39 is 0 Å². The number of benzene rings is 1. The molecule has 1 aliphatic heterocycles. The zero-order valence-electron chi connectivity index (χ0n) is 14.1. The van der Waals surface area contributed by atoms with Crippen LogP contribution < -0.4 is 4.72 Å². The van der Waals surface area contributed by atoms with Gasteiger partial charge in [-0.25, -0.2) is 9.29 Å². The number of rotatable bonds is 4. The van der Waals surface area contributed by atoms with Crippen molar-refractivity contribution in [1.29, 1.82) is 5.26 Å². The van der Waals surface area contributed by atoms with Gasteiger partial charge in [0, 0.05) is 30.9 Å². The van der Waals surface area contributed by atoms with Crippen molar-refractivity contribution in [3.8, 4) is 6.07 Å². The normalized spacial score (nSPS) is 15.9. The first-order valence-electron chi connectivity index (χ1n) is 8.27. The Morgan fingerprint density at radius 1 is 1.17 bits per heavy atom. The minimum Gasteiger partial charge on any atom is -0.301 e. The molecule has 124 valence electrons. The molecule has 24 heavy (non-hydrogen) atoms. The van der Waals surface area contributed by atoms with E-state index in [1.165, 1.54) is 11.1 Å². The van der Waals surface area contributed by atoms with E-state index in [9.17, 15) is 0 Å². The predicted octanol–water partition coefficient (Wildman–Crippen LogP) is 4.42. The van der Waals surface area contributed by atoms with Gasteiger partial charge in [-0.15, -0.1) is 0 Å². The van der Waals surface area contributed by atoms with Gasteiger partial charge in [0.15, 0.2) is 0 Å². The van der Waals surface area contributed by atoms with E-state index in [0.29, 0.717) is 5.92 Å². The Hall–Kier alpha value is -2.03. The van der Waals surface area contributed by atoms with E-state index in [2.05, 4.69) is 51.3 Å². The quantitative estimate of drug-likeness (QED) is 0.836. The predicted molar refractivity (Wildman–Crippen MR) is 99.6 cm³/mol. The van der Waals surface area contributed by atoms with Crippen molar-refractivity contribution >= 4 is 18.0 Å². The number of hydrogen-bond donors (Lipinski definition) is 1. The van der Waals surface area contributed by atoms with Crippen LogP contribution in [0.1, 0.15) is 41.1 Å². The fraction of sp³-hybridized carbons (Fsp3) is 0.368. The molecule has 5 heteroatoms. The number of piperidine rings is 1. The third-order valence-electron chi connectivity index (χ3n) is 4.34. The second kappa shape index (κ2) is 7.69. The fourth-order valence-corrected chi connectivity index (χ4v) is 3.84. The van der Waals surface area contributed by atoms with Crippen LogP contribution >= 0.6 is 12.1 Å². The fourth-order valence-electron chi connectivity index (χ4n) is 3.12. The van der Waals surface area contributed by atoms with E-state index in [1.807, 2.05) is 19.1 Å². The standard InChI is InChI=1S/C19H22N4S/c1-14-11-15(2)21-19(12-14)22-24-23-9-7-18(8-10-23)17-5-3-16(13-20)4-6-17/h3-6,11-12,18H,7-10H2,1-2H3,(H,21,22). The molecular formula is C19H22N4S. The Labute approximate surface area is 148 Å². The number of aryl methyl sites for hydroxylation is 2. The van der Waals surface area contributed by atoms with Gasteiger partial charge >= 0.3 is 0 Å². The van der Waals surface area contributed by atoms with Gasteiger partial charge < -0.3 is 4.72 Å². The number of nitrogens with one attached hydrogen (secondary N) is 1. The van der Waals surface area contributed by atoms with Crippen LogP contribution in [-0.2, 0) is 0 Å². The summed E-state index contributed by atoms with van der Waals surface area (Å²) in [5.41, 5.74) is 4.35. The Balaban J connectivity index is 1.50. The highest BCUT2D eigenvalue weighted by molar-refractivity contribution is 7.98. The molecular weight excluding hydrogens is 316 g/mol. The molecule has 0 aliphatic carbocycles. The Morgan fingerprint density at radius 2 is 1.88 bits per heavy atom. The Kier molecular flexibility index (Phi) is 5.39. The van der Waals surface area contributed by atoms with Crippen molar-refractivity contribution in [2.45, 2.75) is 32.6 Å². The molecule has 0 radical (unpaired) electrons. The number of nitriles is 1. The zero-order chi connectivity index (χ0) is 16.9. The molecule has 0 amide bonds. The van der Waals surface area contributed by atoms with Gasteiger partial charge in [-0.3, -0.25) is 0 Å². The highest BCUT2D eigenvalue weighted by atomic mass is 32.2.